The molecule has 2 heterocycles. The number of nitrogens with one attached hydrogen (secondary N) is 2. The SMILES string of the molecule is C=CCn1c(=S)[nH]c2cc(C(=O)NCC(O)COc3ccc4c(c3)OCO4)ccc2c1=O. The standard InChI is InChI=1S/C22H21N3O6S/c1-2-7-25-21(28)16-5-3-13(8-17(16)24-22(25)32)20(27)23-10-14(26)11-29-15-4-6-18-19(9-15)31-12-30-18/h2-6,8-9,14,26H,1,7,10-12H2,(H,23,27)(H,24,32). The number of allylic oxidation sites excluding steroid dienone is 1. The highest BCUT2D eigenvalue weighted by Gasteiger charge is 2.15. The van der Waals surface area contributed by atoms with E-state index in [1.807, 2.05) is 0 Å². The van der Waals surface area contributed by atoms with Crippen LogP contribution in [0.2, 0.25) is 0 Å². The van der Waals surface area contributed by atoms with Crippen molar-refractivity contribution in [1.82, 2.24) is 14.9 Å². The number of amides is 1. The minimum atomic E-state index is -0.929. The first-order valence-corrected chi connectivity index (χ1v) is 10.2. The lowest BCUT2D eigenvalue weighted by atomic mass is 10.1. The van der Waals surface area contributed by atoms with Crippen LogP contribution in [0.15, 0.2) is 53.8 Å². The van der Waals surface area contributed by atoms with Crippen molar-refractivity contribution in [2.75, 3.05) is 19.9 Å². The third-order valence-electron chi connectivity index (χ3n) is 4.84. The van der Waals surface area contributed by atoms with Gasteiger partial charge in [-0.2, -0.15) is 0 Å². The number of aliphatic hydroxyl groups is 1. The van der Waals surface area contributed by atoms with Crippen molar-refractivity contribution in [1.29, 1.82) is 0 Å². The van der Waals surface area contributed by atoms with Gasteiger partial charge in [0.05, 0.1) is 10.9 Å². The normalized spacial score (nSPS) is 13.0. The number of aromatic nitrogens is 2. The number of hydrogen-bond donors (Lipinski definition) is 3. The lowest BCUT2D eigenvalue weighted by Gasteiger charge is -2.14. The van der Waals surface area contributed by atoms with Gasteiger partial charge in [0, 0.05) is 24.7 Å². The number of H-pyrrole nitrogens is 1. The van der Waals surface area contributed by atoms with Gasteiger partial charge in [0.15, 0.2) is 16.3 Å². The number of ether oxygens (including phenoxy) is 3. The van der Waals surface area contributed by atoms with Crippen molar-refractivity contribution in [2.45, 2.75) is 12.6 Å². The molecule has 166 valence electrons. The minimum absolute atomic E-state index is 0.0155. The molecule has 3 aromatic rings. The summed E-state index contributed by atoms with van der Waals surface area (Å²) in [5, 5.41) is 13.2. The minimum Gasteiger partial charge on any atom is -0.491 e. The number of hydrogen-bond acceptors (Lipinski definition) is 7. The van der Waals surface area contributed by atoms with E-state index in [1.54, 1.807) is 42.5 Å². The lowest BCUT2D eigenvalue weighted by Crippen LogP contribution is -2.35. The maximum atomic E-state index is 12.6. The summed E-state index contributed by atoms with van der Waals surface area (Å²) in [7, 11) is 0. The molecule has 9 nitrogen and oxygen atoms in total. The van der Waals surface area contributed by atoms with E-state index in [9.17, 15) is 14.7 Å². The van der Waals surface area contributed by atoms with Crippen LogP contribution in [-0.4, -0.2) is 46.6 Å². The van der Waals surface area contributed by atoms with Crippen LogP contribution >= 0.6 is 12.2 Å². The number of carbonyl (C=O) groups is 1. The van der Waals surface area contributed by atoms with Gasteiger partial charge in [-0.1, -0.05) is 6.08 Å². The average molecular weight is 455 g/mol. The Morgan fingerprint density at radius 3 is 2.94 bits per heavy atom. The van der Waals surface area contributed by atoms with Crippen LogP contribution in [0.25, 0.3) is 10.9 Å². The molecule has 0 saturated carbocycles. The predicted molar refractivity (Wildman–Crippen MR) is 120 cm³/mol. The molecule has 32 heavy (non-hydrogen) atoms. The van der Waals surface area contributed by atoms with E-state index >= 15 is 0 Å². The van der Waals surface area contributed by atoms with Gasteiger partial charge in [0.25, 0.3) is 11.5 Å². The van der Waals surface area contributed by atoms with Crippen LogP contribution in [0.5, 0.6) is 17.2 Å². The summed E-state index contributed by atoms with van der Waals surface area (Å²) in [6.07, 6.45) is 0.655. The number of carbonyl (C=O) groups excluding carboxylic acids is 1. The molecule has 10 heteroatoms. The molecule has 0 spiro atoms. The topological polar surface area (TPSA) is 115 Å². The molecule has 1 aromatic heterocycles. The summed E-state index contributed by atoms with van der Waals surface area (Å²) in [5.74, 6) is 1.34. The second-order valence-electron chi connectivity index (χ2n) is 7.08. The Labute approximate surface area is 187 Å². The van der Waals surface area contributed by atoms with Crippen LogP contribution in [-0.2, 0) is 6.54 Å². The first-order chi connectivity index (χ1) is 15.5. The van der Waals surface area contributed by atoms with E-state index in [4.69, 9.17) is 26.4 Å². The van der Waals surface area contributed by atoms with Crippen molar-refractivity contribution < 1.29 is 24.1 Å². The molecule has 1 aliphatic rings. The van der Waals surface area contributed by atoms with E-state index in [2.05, 4.69) is 16.9 Å². The molecule has 4 rings (SSSR count). The molecular formula is C22H21N3O6S. The molecule has 0 radical (unpaired) electrons. The number of benzene rings is 2. The first kappa shape index (κ1) is 21.6. The predicted octanol–water partition coefficient (Wildman–Crippen LogP) is 2.14. The monoisotopic (exact) mass is 455 g/mol. The van der Waals surface area contributed by atoms with E-state index in [-0.39, 0.29) is 30.3 Å². The fraction of sp³-hybridized carbons (Fsp3) is 0.227. The van der Waals surface area contributed by atoms with Gasteiger partial charge in [-0.25, -0.2) is 0 Å². The van der Waals surface area contributed by atoms with Gasteiger partial charge < -0.3 is 29.6 Å². The van der Waals surface area contributed by atoms with Crippen LogP contribution in [0.1, 0.15) is 10.4 Å². The number of aliphatic hydroxyl groups excluding tert-OH is 1. The van der Waals surface area contributed by atoms with Gasteiger partial charge in [0.1, 0.15) is 18.5 Å². The molecule has 0 bridgehead atoms. The van der Waals surface area contributed by atoms with Crippen molar-refractivity contribution in [2.24, 2.45) is 0 Å². The molecule has 1 atom stereocenters. The van der Waals surface area contributed by atoms with Gasteiger partial charge >= 0.3 is 0 Å². The van der Waals surface area contributed by atoms with Crippen molar-refractivity contribution in [3.8, 4) is 17.2 Å². The summed E-state index contributed by atoms with van der Waals surface area (Å²) in [6.45, 7) is 4.04. The highest BCUT2D eigenvalue weighted by Crippen LogP contribution is 2.35. The van der Waals surface area contributed by atoms with Gasteiger partial charge in [-0.05, 0) is 42.5 Å². The molecule has 3 N–H and O–H groups in total. The largest absolute Gasteiger partial charge is 0.491 e. The van der Waals surface area contributed by atoms with Crippen molar-refractivity contribution in [3.63, 3.8) is 0 Å². The van der Waals surface area contributed by atoms with Crippen LogP contribution in [0, 0.1) is 4.77 Å². The third kappa shape index (κ3) is 4.51. The smallest absolute Gasteiger partial charge is 0.262 e. The second-order valence-corrected chi connectivity index (χ2v) is 7.47. The van der Waals surface area contributed by atoms with E-state index in [0.29, 0.717) is 40.3 Å². The highest BCUT2D eigenvalue weighted by atomic mass is 32.1. The highest BCUT2D eigenvalue weighted by molar-refractivity contribution is 7.71. The van der Waals surface area contributed by atoms with Gasteiger partial charge in [-0.3, -0.25) is 14.2 Å². The molecule has 0 aliphatic carbocycles. The number of nitrogens with zero attached hydrogens (tertiary/aromatic N) is 1. The summed E-state index contributed by atoms with van der Waals surface area (Å²) in [4.78, 5) is 28.0. The fourth-order valence-corrected chi connectivity index (χ4v) is 3.49. The molecule has 1 unspecified atom stereocenters. The second kappa shape index (κ2) is 9.25. The molecule has 2 aromatic carbocycles. The Kier molecular flexibility index (Phi) is 6.24. The zero-order chi connectivity index (χ0) is 22.7. The summed E-state index contributed by atoms with van der Waals surface area (Å²) < 4.78 is 17.7. The number of fused-ring (bicyclic) bond motifs is 2. The zero-order valence-electron chi connectivity index (χ0n) is 17.0. The van der Waals surface area contributed by atoms with Gasteiger partial charge in [-0.15, -0.1) is 6.58 Å². The molecule has 1 aliphatic heterocycles. The Hall–Kier alpha value is -3.63. The molecular weight excluding hydrogens is 434 g/mol. The Bertz CT molecular complexity index is 1300. The number of aromatic amines is 1. The van der Waals surface area contributed by atoms with Gasteiger partial charge in [0.2, 0.25) is 6.79 Å². The van der Waals surface area contributed by atoms with Crippen molar-refractivity contribution in [3.05, 3.63) is 69.7 Å². The van der Waals surface area contributed by atoms with E-state index in [0.717, 1.165) is 0 Å². The first-order valence-electron chi connectivity index (χ1n) is 9.83. The van der Waals surface area contributed by atoms with Crippen LogP contribution in [0.3, 0.4) is 0 Å². The lowest BCUT2D eigenvalue weighted by molar-refractivity contribution is 0.0843. The zero-order valence-corrected chi connectivity index (χ0v) is 17.8. The summed E-state index contributed by atoms with van der Waals surface area (Å²) in [6, 6.07) is 9.77. The molecule has 1 amide bonds. The van der Waals surface area contributed by atoms with E-state index in [1.165, 1.54) is 4.57 Å². The Morgan fingerprint density at radius 2 is 2.12 bits per heavy atom. The fourth-order valence-electron chi connectivity index (χ4n) is 3.22. The Morgan fingerprint density at radius 1 is 1.31 bits per heavy atom. The third-order valence-corrected chi connectivity index (χ3v) is 5.16. The quantitative estimate of drug-likeness (QED) is 0.352. The Balaban J connectivity index is 1.37. The van der Waals surface area contributed by atoms with E-state index < -0.39 is 12.0 Å². The van der Waals surface area contributed by atoms with Crippen molar-refractivity contribution >= 4 is 29.0 Å². The van der Waals surface area contributed by atoms with Crippen LogP contribution in [0.4, 0.5) is 0 Å². The maximum absolute atomic E-state index is 12.6. The summed E-state index contributed by atoms with van der Waals surface area (Å²) >= 11 is 5.22. The summed E-state index contributed by atoms with van der Waals surface area (Å²) in [5.41, 5.74) is 0.527. The molecule has 0 fully saturated rings. The maximum Gasteiger partial charge on any atom is 0.262 e. The molecule has 0 saturated heterocycles. The van der Waals surface area contributed by atoms with Crippen LogP contribution < -0.4 is 25.1 Å². The number of rotatable bonds is 8. The average Bonchev–Trinajstić information content (AvgIpc) is 3.26.